The molecule has 0 radical (unpaired) electrons. The zero-order valence-corrected chi connectivity index (χ0v) is 11.9. The Morgan fingerprint density at radius 3 is 2.76 bits per heavy atom. The summed E-state index contributed by atoms with van der Waals surface area (Å²) in [6.07, 6.45) is 6.82. The van der Waals surface area contributed by atoms with E-state index in [2.05, 4.69) is 26.2 Å². The minimum atomic E-state index is -0.601. The minimum absolute atomic E-state index is 0.515. The lowest BCUT2D eigenvalue weighted by Crippen LogP contribution is -2.39. The number of halogens is 2. The third-order valence-electron chi connectivity index (χ3n) is 3.18. The maximum Gasteiger partial charge on any atom is 0.144 e. The second kappa shape index (κ2) is 5.55. The van der Waals surface area contributed by atoms with Crippen molar-refractivity contribution in [2.45, 2.75) is 37.7 Å². The van der Waals surface area contributed by atoms with Crippen LogP contribution in [0.15, 0.2) is 16.7 Å². The van der Waals surface area contributed by atoms with Gasteiger partial charge in [-0.05, 0) is 34.8 Å². The summed E-state index contributed by atoms with van der Waals surface area (Å²) in [4.78, 5) is 4.19. The number of hydrogen-bond donors (Lipinski definition) is 2. The highest BCUT2D eigenvalue weighted by atomic mass is 79.9. The quantitative estimate of drug-likeness (QED) is 0.894. The fourth-order valence-electron chi connectivity index (χ4n) is 2.18. The van der Waals surface area contributed by atoms with Crippen LogP contribution in [0.3, 0.4) is 0 Å². The van der Waals surface area contributed by atoms with Gasteiger partial charge in [0.2, 0.25) is 0 Å². The normalized spacial score (nSPS) is 19.0. The Morgan fingerprint density at radius 2 is 2.12 bits per heavy atom. The fraction of sp³-hybridized carbons (Fsp3) is 0.583. The van der Waals surface area contributed by atoms with E-state index in [0.717, 1.165) is 30.2 Å². The van der Waals surface area contributed by atoms with Gasteiger partial charge in [-0.2, -0.15) is 0 Å². The van der Waals surface area contributed by atoms with Crippen molar-refractivity contribution in [2.75, 3.05) is 11.9 Å². The highest BCUT2D eigenvalue weighted by Gasteiger charge is 2.29. The number of pyridine rings is 1. The van der Waals surface area contributed by atoms with Gasteiger partial charge in [0.25, 0.3) is 0 Å². The van der Waals surface area contributed by atoms with E-state index in [4.69, 9.17) is 11.6 Å². The van der Waals surface area contributed by atoms with Crippen LogP contribution in [0.4, 0.5) is 5.82 Å². The van der Waals surface area contributed by atoms with Crippen molar-refractivity contribution >= 4 is 33.3 Å². The standard InChI is InChI=1S/C12H16BrClN2O/c13-9-6-10(14)11(15-7-9)16-8-12(17)4-2-1-3-5-12/h6-7,17H,1-5,8H2,(H,15,16). The van der Waals surface area contributed by atoms with Gasteiger partial charge in [-0.25, -0.2) is 4.98 Å². The second-order valence-electron chi connectivity index (χ2n) is 4.62. The van der Waals surface area contributed by atoms with Gasteiger partial charge in [0, 0.05) is 17.2 Å². The molecular formula is C12H16BrClN2O. The van der Waals surface area contributed by atoms with E-state index in [1.807, 2.05) is 0 Å². The molecule has 2 N–H and O–H groups in total. The van der Waals surface area contributed by atoms with Crippen LogP contribution in [0.5, 0.6) is 0 Å². The molecule has 0 aromatic carbocycles. The van der Waals surface area contributed by atoms with Crippen molar-refractivity contribution in [3.05, 3.63) is 21.8 Å². The van der Waals surface area contributed by atoms with Crippen LogP contribution in [0, 0.1) is 0 Å². The third kappa shape index (κ3) is 3.57. The first-order chi connectivity index (χ1) is 8.09. The molecule has 1 aromatic rings. The molecule has 0 saturated heterocycles. The van der Waals surface area contributed by atoms with Crippen LogP contribution < -0.4 is 5.32 Å². The van der Waals surface area contributed by atoms with Gasteiger partial charge < -0.3 is 10.4 Å². The van der Waals surface area contributed by atoms with Gasteiger partial charge in [0.1, 0.15) is 5.82 Å². The molecule has 1 aliphatic carbocycles. The first-order valence-corrected chi connectivity index (χ1v) is 7.03. The van der Waals surface area contributed by atoms with Crippen LogP contribution in [0.1, 0.15) is 32.1 Å². The molecule has 0 atom stereocenters. The molecule has 0 amide bonds. The van der Waals surface area contributed by atoms with E-state index >= 15 is 0 Å². The summed E-state index contributed by atoms with van der Waals surface area (Å²) in [6, 6.07) is 1.79. The molecule has 0 bridgehead atoms. The highest BCUT2D eigenvalue weighted by molar-refractivity contribution is 9.10. The number of aromatic nitrogens is 1. The topological polar surface area (TPSA) is 45.1 Å². The van der Waals surface area contributed by atoms with Crippen LogP contribution in [-0.2, 0) is 0 Å². The molecule has 3 nitrogen and oxygen atoms in total. The Kier molecular flexibility index (Phi) is 4.28. The Hall–Kier alpha value is -0.320. The SMILES string of the molecule is OC1(CNc2ncc(Br)cc2Cl)CCCCC1. The second-order valence-corrected chi connectivity index (χ2v) is 5.95. The Labute approximate surface area is 115 Å². The summed E-state index contributed by atoms with van der Waals surface area (Å²) in [5, 5.41) is 14.0. The van der Waals surface area contributed by atoms with Crippen LogP contribution in [-0.4, -0.2) is 22.2 Å². The van der Waals surface area contributed by atoms with Gasteiger partial charge in [-0.3, -0.25) is 0 Å². The lowest BCUT2D eigenvalue weighted by Gasteiger charge is -2.32. The van der Waals surface area contributed by atoms with E-state index in [1.165, 1.54) is 6.42 Å². The summed E-state index contributed by atoms with van der Waals surface area (Å²) in [6.45, 7) is 0.515. The van der Waals surface area contributed by atoms with Crippen molar-refractivity contribution in [1.29, 1.82) is 0 Å². The smallest absolute Gasteiger partial charge is 0.144 e. The Morgan fingerprint density at radius 1 is 1.41 bits per heavy atom. The Bertz CT molecular complexity index is 394. The predicted molar refractivity (Wildman–Crippen MR) is 73.5 cm³/mol. The highest BCUT2D eigenvalue weighted by Crippen LogP contribution is 2.29. The maximum atomic E-state index is 10.3. The van der Waals surface area contributed by atoms with E-state index in [-0.39, 0.29) is 0 Å². The van der Waals surface area contributed by atoms with Gasteiger partial charge >= 0.3 is 0 Å². The molecule has 1 fully saturated rings. The number of anilines is 1. The zero-order valence-electron chi connectivity index (χ0n) is 9.55. The summed E-state index contributed by atoms with van der Waals surface area (Å²) in [5.41, 5.74) is -0.601. The predicted octanol–water partition coefficient (Wildman–Crippen LogP) is 3.60. The number of aliphatic hydroxyl groups is 1. The summed E-state index contributed by atoms with van der Waals surface area (Å²) in [5.74, 6) is 0.633. The lowest BCUT2D eigenvalue weighted by molar-refractivity contribution is 0.0166. The molecule has 1 heterocycles. The van der Waals surface area contributed by atoms with Gasteiger partial charge in [0.05, 0.1) is 10.6 Å². The van der Waals surface area contributed by atoms with Gasteiger partial charge in [-0.1, -0.05) is 30.9 Å². The Balaban J connectivity index is 1.97. The number of nitrogens with zero attached hydrogens (tertiary/aromatic N) is 1. The molecule has 17 heavy (non-hydrogen) atoms. The average Bonchev–Trinajstić information content (AvgIpc) is 2.29. The fourth-order valence-corrected chi connectivity index (χ4v) is 2.88. The summed E-state index contributed by atoms with van der Waals surface area (Å²) in [7, 11) is 0. The average molecular weight is 320 g/mol. The number of nitrogens with one attached hydrogen (secondary N) is 1. The summed E-state index contributed by atoms with van der Waals surface area (Å²) < 4.78 is 0.851. The molecule has 5 heteroatoms. The molecule has 1 aliphatic rings. The van der Waals surface area contributed by atoms with Gasteiger partial charge in [0.15, 0.2) is 0 Å². The van der Waals surface area contributed by atoms with Crippen molar-refractivity contribution in [3.63, 3.8) is 0 Å². The van der Waals surface area contributed by atoms with E-state index in [9.17, 15) is 5.11 Å². The molecule has 0 aliphatic heterocycles. The minimum Gasteiger partial charge on any atom is -0.388 e. The lowest BCUT2D eigenvalue weighted by atomic mass is 9.85. The third-order valence-corrected chi connectivity index (χ3v) is 3.90. The number of hydrogen-bond acceptors (Lipinski definition) is 3. The van der Waals surface area contributed by atoms with Crippen molar-refractivity contribution < 1.29 is 5.11 Å². The van der Waals surface area contributed by atoms with E-state index in [1.54, 1.807) is 12.3 Å². The zero-order chi connectivity index (χ0) is 12.3. The molecular weight excluding hydrogens is 304 g/mol. The van der Waals surface area contributed by atoms with E-state index in [0.29, 0.717) is 17.4 Å². The van der Waals surface area contributed by atoms with Crippen molar-refractivity contribution in [3.8, 4) is 0 Å². The van der Waals surface area contributed by atoms with Crippen LogP contribution in [0.2, 0.25) is 5.02 Å². The van der Waals surface area contributed by atoms with Crippen molar-refractivity contribution in [2.24, 2.45) is 0 Å². The van der Waals surface area contributed by atoms with E-state index < -0.39 is 5.60 Å². The number of rotatable bonds is 3. The molecule has 1 saturated carbocycles. The first-order valence-electron chi connectivity index (χ1n) is 5.86. The van der Waals surface area contributed by atoms with Crippen molar-refractivity contribution in [1.82, 2.24) is 4.98 Å². The largest absolute Gasteiger partial charge is 0.388 e. The van der Waals surface area contributed by atoms with Gasteiger partial charge in [-0.15, -0.1) is 0 Å². The molecule has 1 aromatic heterocycles. The van der Waals surface area contributed by atoms with Crippen LogP contribution >= 0.6 is 27.5 Å². The molecule has 94 valence electrons. The van der Waals surface area contributed by atoms with Crippen LogP contribution in [0.25, 0.3) is 0 Å². The first kappa shape index (κ1) is 13.1. The molecule has 2 rings (SSSR count). The molecule has 0 unspecified atom stereocenters. The maximum absolute atomic E-state index is 10.3. The monoisotopic (exact) mass is 318 g/mol. The molecule has 0 spiro atoms. The summed E-state index contributed by atoms with van der Waals surface area (Å²) >= 11 is 9.37.